The van der Waals surface area contributed by atoms with Gasteiger partial charge < -0.3 is 5.11 Å². The number of piperidine rings is 1. The zero-order chi connectivity index (χ0) is 16.7. The van der Waals surface area contributed by atoms with Crippen LogP contribution < -0.4 is 0 Å². The summed E-state index contributed by atoms with van der Waals surface area (Å²) in [6, 6.07) is 8.69. The smallest absolute Gasteiger partial charge is 0.230 e. The van der Waals surface area contributed by atoms with Gasteiger partial charge in [-0.15, -0.1) is 0 Å². The fourth-order valence-corrected chi connectivity index (χ4v) is 4.53. The van der Waals surface area contributed by atoms with E-state index in [9.17, 15) is 5.11 Å². The van der Waals surface area contributed by atoms with E-state index in [0.29, 0.717) is 0 Å². The summed E-state index contributed by atoms with van der Waals surface area (Å²) in [6.07, 6.45) is 3.88. The van der Waals surface area contributed by atoms with Crippen LogP contribution in [0.15, 0.2) is 30.6 Å². The number of hydrogen-bond acceptors (Lipinski definition) is 5. The summed E-state index contributed by atoms with van der Waals surface area (Å²) < 4.78 is 1.54. The zero-order valence-corrected chi connectivity index (χ0v) is 14.8. The molecule has 1 aromatic carbocycles. The molecule has 4 rings (SSSR count). The highest BCUT2D eigenvalue weighted by Gasteiger charge is 2.31. The van der Waals surface area contributed by atoms with E-state index < -0.39 is 0 Å². The molecule has 3 aromatic rings. The van der Waals surface area contributed by atoms with Crippen molar-refractivity contribution in [3.8, 4) is 5.88 Å². The van der Waals surface area contributed by atoms with Crippen LogP contribution in [0.1, 0.15) is 41.8 Å². The van der Waals surface area contributed by atoms with Crippen molar-refractivity contribution in [1.82, 2.24) is 19.5 Å². The molecular formula is C18H22N4OS. The molecule has 1 aliphatic rings. The van der Waals surface area contributed by atoms with Crippen LogP contribution in [0.4, 0.5) is 0 Å². The van der Waals surface area contributed by atoms with E-state index in [1.54, 1.807) is 0 Å². The normalized spacial score (nSPS) is 18.2. The fraction of sp³-hybridized carbons (Fsp3) is 0.444. The number of benzene rings is 1. The largest absolute Gasteiger partial charge is 0.492 e. The lowest BCUT2D eigenvalue weighted by atomic mass is 9.95. The first kappa shape index (κ1) is 15.6. The van der Waals surface area contributed by atoms with Gasteiger partial charge in [-0.05, 0) is 44.3 Å². The van der Waals surface area contributed by atoms with Gasteiger partial charge >= 0.3 is 0 Å². The minimum atomic E-state index is 0.0617. The second kappa shape index (κ2) is 6.18. The van der Waals surface area contributed by atoms with Crippen LogP contribution in [0.2, 0.25) is 0 Å². The first-order chi connectivity index (χ1) is 11.6. The summed E-state index contributed by atoms with van der Waals surface area (Å²) in [5.74, 6) is 0.993. The molecule has 0 amide bonds. The summed E-state index contributed by atoms with van der Waals surface area (Å²) in [4.78, 5) is 8.40. The molecule has 3 heterocycles. The number of rotatable bonds is 3. The van der Waals surface area contributed by atoms with Crippen molar-refractivity contribution >= 4 is 16.3 Å². The second-order valence-electron chi connectivity index (χ2n) is 6.78. The minimum absolute atomic E-state index is 0.0617. The Bertz CT molecular complexity index is 830. The van der Waals surface area contributed by atoms with Crippen LogP contribution in [0.5, 0.6) is 5.88 Å². The van der Waals surface area contributed by atoms with Crippen LogP contribution in [-0.4, -0.2) is 37.7 Å². The third kappa shape index (κ3) is 2.70. The first-order valence-corrected chi connectivity index (χ1v) is 9.27. The van der Waals surface area contributed by atoms with E-state index in [4.69, 9.17) is 0 Å². The summed E-state index contributed by atoms with van der Waals surface area (Å²) in [7, 11) is 0. The fourth-order valence-electron chi connectivity index (χ4n) is 3.44. The van der Waals surface area contributed by atoms with Crippen LogP contribution >= 0.6 is 11.3 Å². The Labute approximate surface area is 145 Å². The maximum atomic E-state index is 10.7. The minimum Gasteiger partial charge on any atom is -0.492 e. The zero-order valence-electron chi connectivity index (χ0n) is 14.0. The van der Waals surface area contributed by atoms with Gasteiger partial charge in [0.05, 0.1) is 10.9 Å². The number of nitrogens with zero attached hydrogens (tertiary/aromatic N) is 4. The number of thiazole rings is 1. The summed E-state index contributed by atoms with van der Waals surface area (Å²) in [5.41, 5.74) is 2.46. The van der Waals surface area contributed by atoms with Gasteiger partial charge in [-0.2, -0.15) is 9.61 Å². The Morgan fingerprint density at radius 1 is 1.21 bits per heavy atom. The van der Waals surface area contributed by atoms with E-state index in [0.717, 1.165) is 28.8 Å². The Hall–Kier alpha value is -1.92. The standard InChI is InChI=1S/C18H22N4OS/c1-12-3-5-14(6-4-12)15(21-9-7-13(2)8-10-21)16-17(23)22-18(24-16)19-11-20-22/h3-6,11,13,15,23H,7-10H2,1-2H3/t15-/m0/s1. The molecular weight excluding hydrogens is 320 g/mol. The van der Waals surface area contributed by atoms with Crippen molar-refractivity contribution in [3.05, 3.63) is 46.6 Å². The van der Waals surface area contributed by atoms with Crippen molar-refractivity contribution in [2.24, 2.45) is 5.92 Å². The molecule has 0 radical (unpaired) electrons. The summed E-state index contributed by atoms with van der Waals surface area (Å²) in [5, 5.41) is 14.8. The maximum Gasteiger partial charge on any atom is 0.230 e. The molecule has 0 saturated carbocycles. The van der Waals surface area contributed by atoms with Crippen molar-refractivity contribution in [1.29, 1.82) is 0 Å². The average molecular weight is 342 g/mol. The molecule has 2 aromatic heterocycles. The predicted molar refractivity (Wildman–Crippen MR) is 95.5 cm³/mol. The third-order valence-corrected chi connectivity index (χ3v) is 6.05. The molecule has 0 spiro atoms. The number of likely N-dealkylation sites (tertiary alicyclic amines) is 1. The molecule has 1 saturated heterocycles. The molecule has 5 nitrogen and oxygen atoms in total. The van der Waals surface area contributed by atoms with Gasteiger partial charge in [-0.25, -0.2) is 4.98 Å². The first-order valence-electron chi connectivity index (χ1n) is 8.45. The molecule has 126 valence electrons. The van der Waals surface area contributed by atoms with E-state index in [1.807, 2.05) is 0 Å². The predicted octanol–water partition coefficient (Wildman–Crippen LogP) is 3.63. The van der Waals surface area contributed by atoms with Crippen LogP contribution in [-0.2, 0) is 0 Å². The second-order valence-corrected chi connectivity index (χ2v) is 7.79. The molecule has 0 bridgehead atoms. The van der Waals surface area contributed by atoms with E-state index in [-0.39, 0.29) is 11.9 Å². The molecule has 24 heavy (non-hydrogen) atoms. The maximum absolute atomic E-state index is 10.7. The van der Waals surface area contributed by atoms with Crippen LogP contribution in [0.25, 0.3) is 4.96 Å². The lowest BCUT2D eigenvalue weighted by Gasteiger charge is -2.36. The Morgan fingerprint density at radius 3 is 2.58 bits per heavy atom. The number of aryl methyl sites for hydroxylation is 1. The van der Waals surface area contributed by atoms with Crippen molar-refractivity contribution in [2.75, 3.05) is 13.1 Å². The highest BCUT2D eigenvalue weighted by atomic mass is 32.1. The molecule has 0 aliphatic carbocycles. The van der Waals surface area contributed by atoms with Crippen molar-refractivity contribution in [2.45, 2.75) is 32.7 Å². The Balaban J connectivity index is 1.78. The Kier molecular flexibility index (Phi) is 4.02. The monoisotopic (exact) mass is 342 g/mol. The molecule has 6 heteroatoms. The molecule has 1 N–H and O–H groups in total. The molecule has 0 unspecified atom stereocenters. The number of aromatic hydroxyl groups is 1. The highest BCUT2D eigenvalue weighted by molar-refractivity contribution is 7.17. The molecule has 1 atom stereocenters. The van der Waals surface area contributed by atoms with E-state index in [2.05, 4.69) is 53.1 Å². The van der Waals surface area contributed by atoms with Crippen molar-refractivity contribution < 1.29 is 5.11 Å². The Morgan fingerprint density at radius 2 is 1.92 bits per heavy atom. The lowest BCUT2D eigenvalue weighted by molar-refractivity contribution is 0.157. The topological polar surface area (TPSA) is 53.7 Å². The number of hydrogen-bond donors (Lipinski definition) is 1. The van der Waals surface area contributed by atoms with Gasteiger partial charge in [0.1, 0.15) is 6.33 Å². The van der Waals surface area contributed by atoms with Crippen LogP contribution in [0, 0.1) is 12.8 Å². The SMILES string of the molecule is Cc1ccc([C@@H](c2sc3ncnn3c2O)N2CCC(C)CC2)cc1. The third-order valence-electron chi connectivity index (χ3n) is 4.96. The average Bonchev–Trinajstić information content (AvgIpc) is 3.15. The van der Waals surface area contributed by atoms with Crippen LogP contribution in [0.3, 0.4) is 0 Å². The lowest BCUT2D eigenvalue weighted by Crippen LogP contribution is -2.36. The van der Waals surface area contributed by atoms with Gasteiger partial charge in [-0.1, -0.05) is 48.1 Å². The highest BCUT2D eigenvalue weighted by Crippen LogP contribution is 2.41. The number of aromatic nitrogens is 3. The van der Waals surface area contributed by atoms with Gasteiger partial charge in [0.15, 0.2) is 0 Å². The summed E-state index contributed by atoms with van der Waals surface area (Å²) >= 11 is 1.53. The van der Waals surface area contributed by atoms with Gasteiger partial charge in [0, 0.05) is 0 Å². The van der Waals surface area contributed by atoms with Gasteiger partial charge in [0.25, 0.3) is 0 Å². The molecule has 1 aliphatic heterocycles. The molecule has 1 fully saturated rings. The quantitative estimate of drug-likeness (QED) is 0.790. The van der Waals surface area contributed by atoms with Gasteiger partial charge in [0.2, 0.25) is 10.8 Å². The van der Waals surface area contributed by atoms with E-state index >= 15 is 0 Å². The van der Waals surface area contributed by atoms with E-state index in [1.165, 1.54) is 46.1 Å². The van der Waals surface area contributed by atoms with Gasteiger partial charge in [-0.3, -0.25) is 4.90 Å². The van der Waals surface area contributed by atoms with Crippen molar-refractivity contribution in [3.63, 3.8) is 0 Å². The summed E-state index contributed by atoms with van der Waals surface area (Å²) in [6.45, 7) is 6.51. The number of fused-ring (bicyclic) bond motifs is 1.